The molecule has 0 aliphatic rings. The monoisotopic (exact) mass is 482 g/mol. The van der Waals surface area contributed by atoms with Crippen LogP contribution in [0, 0.1) is 12.7 Å². The Bertz CT molecular complexity index is 1280. The number of pyridine rings is 1. The van der Waals surface area contributed by atoms with Crippen LogP contribution in [-0.4, -0.2) is 20.3 Å². The van der Waals surface area contributed by atoms with Gasteiger partial charge in [-0.3, -0.25) is 18.7 Å². The number of carbonyl (C=O) groups excluding carboxylic acids is 1. The number of benzene rings is 2. The van der Waals surface area contributed by atoms with Gasteiger partial charge in [0.05, 0.1) is 5.56 Å². The number of carbonyl (C=O) groups is 1. The molecular weight excluding hydrogens is 466 g/mol. The average molecular weight is 483 g/mol. The maximum absolute atomic E-state index is 13.3. The second-order valence-corrected chi connectivity index (χ2v) is 8.25. The third kappa shape index (κ3) is 6.25. The normalized spacial score (nSPS) is 11.3. The smallest absolute Gasteiger partial charge is 0.456 e. The van der Waals surface area contributed by atoms with Gasteiger partial charge >= 0.3 is 7.82 Å². The van der Waals surface area contributed by atoms with Gasteiger partial charge in [-0.05, 0) is 55.0 Å². The molecule has 1 aromatic heterocycles. The van der Waals surface area contributed by atoms with Crippen LogP contribution in [0.2, 0.25) is 5.02 Å². The largest absolute Gasteiger partial charge is 0.471 e. The molecule has 0 saturated heterocycles. The van der Waals surface area contributed by atoms with E-state index in [-0.39, 0.29) is 22.0 Å². The second-order valence-electron chi connectivity index (χ2n) is 6.58. The van der Waals surface area contributed by atoms with E-state index in [2.05, 4.69) is 9.84 Å². The second kappa shape index (κ2) is 9.64. The highest BCUT2D eigenvalue weighted by atomic mass is 35.5. The number of hydrogen-bond donors (Lipinski definition) is 3. The summed E-state index contributed by atoms with van der Waals surface area (Å²) in [6.45, 7) is 0.986. The van der Waals surface area contributed by atoms with E-state index in [1.807, 2.05) is 0 Å². The number of phosphoric ester groups is 1. The van der Waals surface area contributed by atoms with Gasteiger partial charge in [0.25, 0.3) is 11.5 Å². The topological polar surface area (TPSA) is 127 Å². The molecule has 3 aromatic rings. The standard InChI is InChI=1S/C20H17ClFN2O7P/c1-12-8-14(22)3-5-17(12)31-18-4-2-13(21)9-16(18)20(26)23-15-6-7-24(19(25)10-15)11-30-32(27,28)29/h2-10H,11H2,1H3,(H,23,26)(H2,27,28,29). The van der Waals surface area contributed by atoms with Gasteiger partial charge in [0.2, 0.25) is 0 Å². The Kier molecular flexibility index (Phi) is 7.12. The zero-order chi connectivity index (χ0) is 23.5. The van der Waals surface area contributed by atoms with Crippen LogP contribution in [0.4, 0.5) is 10.1 Å². The van der Waals surface area contributed by atoms with Crippen molar-refractivity contribution in [3.05, 3.63) is 87.0 Å². The number of halogens is 2. The Morgan fingerprint density at radius 3 is 2.53 bits per heavy atom. The van der Waals surface area contributed by atoms with E-state index in [0.29, 0.717) is 11.3 Å². The molecule has 1 heterocycles. The molecule has 9 nitrogen and oxygen atoms in total. The number of ether oxygens (including phenoxy) is 1. The fourth-order valence-corrected chi connectivity index (χ4v) is 3.09. The van der Waals surface area contributed by atoms with E-state index in [1.165, 1.54) is 48.7 Å². The van der Waals surface area contributed by atoms with E-state index in [0.717, 1.165) is 10.6 Å². The lowest BCUT2D eigenvalue weighted by Gasteiger charge is -2.14. The van der Waals surface area contributed by atoms with Gasteiger partial charge in [-0.25, -0.2) is 8.96 Å². The summed E-state index contributed by atoms with van der Waals surface area (Å²) >= 11 is 6.02. The minimum absolute atomic E-state index is 0.0650. The SMILES string of the molecule is Cc1cc(F)ccc1Oc1ccc(Cl)cc1C(=O)Nc1ccn(COP(=O)(O)O)c(=O)c1. The van der Waals surface area contributed by atoms with Crippen LogP contribution in [0.3, 0.4) is 0 Å². The molecule has 12 heteroatoms. The highest BCUT2D eigenvalue weighted by Crippen LogP contribution is 2.36. The molecule has 0 aliphatic heterocycles. The maximum Gasteiger partial charge on any atom is 0.471 e. The molecule has 168 valence electrons. The molecule has 0 radical (unpaired) electrons. The van der Waals surface area contributed by atoms with Crippen molar-refractivity contribution in [2.75, 3.05) is 5.32 Å². The zero-order valence-electron chi connectivity index (χ0n) is 16.5. The predicted octanol–water partition coefficient (Wildman–Crippen LogP) is 4.06. The van der Waals surface area contributed by atoms with Crippen LogP contribution in [0.5, 0.6) is 11.5 Å². The number of nitrogens with one attached hydrogen (secondary N) is 1. The Balaban J connectivity index is 1.82. The zero-order valence-corrected chi connectivity index (χ0v) is 18.1. The van der Waals surface area contributed by atoms with Crippen molar-refractivity contribution in [2.24, 2.45) is 0 Å². The molecule has 1 amide bonds. The first-order valence-electron chi connectivity index (χ1n) is 8.97. The molecular formula is C20H17ClFN2O7P. The van der Waals surface area contributed by atoms with Crippen molar-refractivity contribution in [1.29, 1.82) is 0 Å². The summed E-state index contributed by atoms with van der Waals surface area (Å²) in [6.07, 6.45) is 1.20. The summed E-state index contributed by atoms with van der Waals surface area (Å²) in [5.41, 5.74) is 0.0414. The van der Waals surface area contributed by atoms with Gasteiger partial charge in [0.15, 0.2) is 0 Å². The Hall–Kier alpha value is -3.01. The maximum atomic E-state index is 13.3. The van der Waals surface area contributed by atoms with Crippen LogP contribution in [0.1, 0.15) is 15.9 Å². The number of amides is 1. The van der Waals surface area contributed by atoms with E-state index < -0.39 is 31.8 Å². The van der Waals surface area contributed by atoms with Crippen LogP contribution < -0.4 is 15.6 Å². The summed E-state index contributed by atoms with van der Waals surface area (Å²) in [7, 11) is -4.75. The number of phosphoric acid groups is 1. The van der Waals surface area contributed by atoms with Gasteiger partial charge in [0, 0.05) is 23.0 Å². The summed E-state index contributed by atoms with van der Waals surface area (Å²) in [5, 5.41) is 2.80. The number of hydrogen-bond acceptors (Lipinski definition) is 5. The molecule has 32 heavy (non-hydrogen) atoms. The van der Waals surface area contributed by atoms with Crippen molar-refractivity contribution in [1.82, 2.24) is 4.57 Å². The van der Waals surface area contributed by atoms with Crippen molar-refractivity contribution >= 4 is 31.0 Å². The van der Waals surface area contributed by atoms with Crippen molar-refractivity contribution in [2.45, 2.75) is 13.7 Å². The number of rotatable bonds is 7. The summed E-state index contributed by atoms with van der Waals surface area (Å²) in [5.74, 6) is -0.559. The fraction of sp³-hybridized carbons (Fsp3) is 0.100. The summed E-state index contributed by atoms with van der Waals surface area (Å²) in [6, 6.07) is 10.7. The molecule has 0 fully saturated rings. The molecule has 0 saturated carbocycles. The van der Waals surface area contributed by atoms with E-state index in [1.54, 1.807) is 6.92 Å². The molecule has 3 N–H and O–H groups in total. The summed E-state index contributed by atoms with van der Waals surface area (Å²) in [4.78, 5) is 42.4. The third-order valence-corrected chi connectivity index (χ3v) is 4.85. The van der Waals surface area contributed by atoms with Crippen LogP contribution in [0.25, 0.3) is 0 Å². The Morgan fingerprint density at radius 2 is 1.88 bits per heavy atom. The lowest BCUT2D eigenvalue weighted by molar-refractivity contribution is 0.102. The van der Waals surface area contributed by atoms with Gasteiger partial charge in [-0.1, -0.05) is 11.6 Å². The first-order valence-corrected chi connectivity index (χ1v) is 10.9. The van der Waals surface area contributed by atoms with Crippen LogP contribution in [0.15, 0.2) is 59.5 Å². The van der Waals surface area contributed by atoms with Crippen molar-refractivity contribution < 1.29 is 32.8 Å². The minimum atomic E-state index is -4.75. The minimum Gasteiger partial charge on any atom is -0.456 e. The first kappa shape index (κ1) is 23.6. The molecule has 2 aromatic carbocycles. The molecule has 0 spiro atoms. The number of anilines is 1. The van der Waals surface area contributed by atoms with Gasteiger partial charge in [-0.2, -0.15) is 0 Å². The van der Waals surface area contributed by atoms with Crippen LogP contribution >= 0.6 is 19.4 Å². The molecule has 0 aliphatic carbocycles. The Morgan fingerprint density at radius 1 is 1.16 bits per heavy atom. The summed E-state index contributed by atoms with van der Waals surface area (Å²) < 4.78 is 35.1. The lowest BCUT2D eigenvalue weighted by atomic mass is 10.1. The number of aromatic nitrogens is 1. The quantitative estimate of drug-likeness (QED) is 0.433. The first-order chi connectivity index (χ1) is 15.0. The van der Waals surface area contributed by atoms with E-state index >= 15 is 0 Å². The van der Waals surface area contributed by atoms with Crippen molar-refractivity contribution in [3.8, 4) is 11.5 Å². The fourth-order valence-electron chi connectivity index (χ4n) is 2.64. The van der Waals surface area contributed by atoms with Crippen LogP contribution in [-0.2, 0) is 15.8 Å². The predicted molar refractivity (Wildman–Crippen MR) is 114 cm³/mol. The number of nitrogens with zero attached hydrogens (tertiary/aromatic N) is 1. The van der Waals surface area contributed by atoms with Gasteiger partial charge < -0.3 is 19.8 Å². The van der Waals surface area contributed by atoms with E-state index in [4.69, 9.17) is 26.1 Å². The average Bonchev–Trinajstić information content (AvgIpc) is 2.70. The van der Waals surface area contributed by atoms with Crippen molar-refractivity contribution in [3.63, 3.8) is 0 Å². The molecule has 3 rings (SSSR count). The molecule has 0 atom stereocenters. The van der Waals surface area contributed by atoms with E-state index in [9.17, 15) is 18.5 Å². The third-order valence-electron chi connectivity index (χ3n) is 4.16. The molecule has 0 bridgehead atoms. The Labute approximate surface area is 186 Å². The van der Waals surface area contributed by atoms with Gasteiger partial charge in [0.1, 0.15) is 24.0 Å². The molecule has 0 unspecified atom stereocenters. The lowest BCUT2D eigenvalue weighted by Crippen LogP contribution is -2.21. The highest BCUT2D eigenvalue weighted by Gasteiger charge is 2.17. The van der Waals surface area contributed by atoms with Gasteiger partial charge in [-0.15, -0.1) is 0 Å². The number of aryl methyl sites for hydroxylation is 1. The highest BCUT2D eigenvalue weighted by molar-refractivity contribution is 7.46.